The highest BCUT2D eigenvalue weighted by Gasteiger charge is 2.20. The third-order valence-corrected chi connectivity index (χ3v) is 6.34. The maximum atomic E-state index is 13.3. The molecular formula is C24H23N3O2S. The number of nitrogens with one attached hydrogen (secondary N) is 1. The van der Waals surface area contributed by atoms with Gasteiger partial charge in [-0.05, 0) is 56.5 Å². The number of rotatable bonds is 4. The van der Waals surface area contributed by atoms with Crippen LogP contribution in [0.2, 0.25) is 0 Å². The van der Waals surface area contributed by atoms with Crippen LogP contribution in [0.1, 0.15) is 29.7 Å². The van der Waals surface area contributed by atoms with Crippen LogP contribution in [-0.4, -0.2) is 15.5 Å². The lowest BCUT2D eigenvalue weighted by Crippen LogP contribution is -2.31. The van der Waals surface area contributed by atoms with Gasteiger partial charge in [-0.2, -0.15) is 0 Å². The first-order valence-electron chi connectivity index (χ1n) is 9.78. The molecule has 0 aliphatic carbocycles. The SMILES string of the molecule is Cc1ccc(NC(=O)[C@H](C)n2cnc3scc(-c4ccc(C)c(C)c4)c3c2=O)cc1. The Hall–Kier alpha value is -3.25. The van der Waals surface area contributed by atoms with Crippen molar-refractivity contribution in [3.05, 3.63) is 81.2 Å². The Morgan fingerprint density at radius 1 is 1.07 bits per heavy atom. The first kappa shape index (κ1) is 20.0. The lowest BCUT2D eigenvalue weighted by atomic mass is 10.0. The van der Waals surface area contributed by atoms with Crippen LogP contribution in [0.15, 0.2) is 59.0 Å². The number of fused-ring (bicyclic) bond motifs is 1. The van der Waals surface area contributed by atoms with Gasteiger partial charge in [0.2, 0.25) is 5.91 Å². The molecule has 1 amide bonds. The first-order valence-corrected chi connectivity index (χ1v) is 10.7. The van der Waals surface area contributed by atoms with Crippen molar-refractivity contribution in [1.29, 1.82) is 0 Å². The van der Waals surface area contributed by atoms with Gasteiger partial charge in [0, 0.05) is 16.6 Å². The molecule has 2 aromatic carbocycles. The molecule has 2 heterocycles. The molecule has 4 rings (SSSR count). The molecule has 1 N–H and O–H groups in total. The number of hydrogen-bond acceptors (Lipinski definition) is 4. The molecule has 30 heavy (non-hydrogen) atoms. The normalized spacial score (nSPS) is 12.1. The monoisotopic (exact) mass is 417 g/mol. The first-order chi connectivity index (χ1) is 14.3. The summed E-state index contributed by atoms with van der Waals surface area (Å²) in [5, 5.41) is 5.39. The van der Waals surface area contributed by atoms with Crippen molar-refractivity contribution in [2.45, 2.75) is 33.7 Å². The van der Waals surface area contributed by atoms with Crippen LogP contribution in [0.3, 0.4) is 0 Å². The maximum absolute atomic E-state index is 13.3. The summed E-state index contributed by atoms with van der Waals surface area (Å²) in [6, 6.07) is 13.0. The highest BCUT2D eigenvalue weighted by atomic mass is 32.1. The lowest BCUT2D eigenvalue weighted by molar-refractivity contribution is -0.118. The minimum absolute atomic E-state index is 0.207. The van der Waals surface area contributed by atoms with Gasteiger partial charge in [0.15, 0.2) is 0 Å². The number of amides is 1. The molecule has 0 saturated heterocycles. The van der Waals surface area contributed by atoms with Gasteiger partial charge in [-0.1, -0.05) is 35.9 Å². The lowest BCUT2D eigenvalue weighted by Gasteiger charge is -2.15. The number of carbonyl (C=O) groups is 1. The quantitative estimate of drug-likeness (QED) is 0.493. The van der Waals surface area contributed by atoms with Crippen molar-refractivity contribution in [3.63, 3.8) is 0 Å². The molecule has 0 aliphatic rings. The van der Waals surface area contributed by atoms with Crippen molar-refractivity contribution < 1.29 is 4.79 Å². The molecule has 0 bridgehead atoms. The van der Waals surface area contributed by atoms with Crippen molar-refractivity contribution in [3.8, 4) is 11.1 Å². The number of aryl methyl sites for hydroxylation is 3. The summed E-state index contributed by atoms with van der Waals surface area (Å²) >= 11 is 1.44. The van der Waals surface area contributed by atoms with Crippen molar-refractivity contribution in [2.75, 3.05) is 5.32 Å². The second kappa shape index (κ2) is 7.88. The van der Waals surface area contributed by atoms with E-state index in [0.29, 0.717) is 15.9 Å². The van der Waals surface area contributed by atoms with Crippen LogP contribution in [0, 0.1) is 20.8 Å². The molecule has 0 spiro atoms. The largest absolute Gasteiger partial charge is 0.324 e. The van der Waals surface area contributed by atoms with E-state index in [-0.39, 0.29) is 11.5 Å². The summed E-state index contributed by atoms with van der Waals surface area (Å²) in [6.45, 7) is 7.82. The number of carbonyl (C=O) groups excluding carboxylic acids is 1. The Kier molecular flexibility index (Phi) is 5.26. The van der Waals surface area contributed by atoms with Crippen molar-refractivity contribution in [2.24, 2.45) is 0 Å². The zero-order chi connectivity index (χ0) is 21.4. The van der Waals surface area contributed by atoms with Crippen LogP contribution >= 0.6 is 11.3 Å². The molecule has 0 saturated carbocycles. The topological polar surface area (TPSA) is 64.0 Å². The fourth-order valence-corrected chi connectivity index (χ4v) is 4.26. The number of benzene rings is 2. The van der Waals surface area contributed by atoms with E-state index in [4.69, 9.17) is 0 Å². The molecular weight excluding hydrogens is 394 g/mol. The van der Waals surface area contributed by atoms with Gasteiger partial charge in [-0.25, -0.2) is 4.98 Å². The van der Waals surface area contributed by atoms with E-state index in [9.17, 15) is 9.59 Å². The number of anilines is 1. The van der Waals surface area contributed by atoms with Gasteiger partial charge in [-0.15, -0.1) is 11.3 Å². The van der Waals surface area contributed by atoms with Gasteiger partial charge in [-0.3, -0.25) is 14.2 Å². The molecule has 1 atom stereocenters. The van der Waals surface area contributed by atoms with E-state index >= 15 is 0 Å². The molecule has 5 nitrogen and oxygen atoms in total. The summed E-state index contributed by atoms with van der Waals surface area (Å²) in [4.78, 5) is 31.2. The third-order valence-electron chi connectivity index (χ3n) is 5.45. The zero-order valence-electron chi connectivity index (χ0n) is 17.4. The Morgan fingerprint density at radius 3 is 2.50 bits per heavy atom. The number of hydrogen-bond donors (Lipinski definition) is 1. The minimum atomic E-state index is -0.691. The summed E-state index contributed by atoms with van der Waals surface area (Å²) in [5.41, 5.74) is 5.82. The van der Waals surface area contributed by atoms with Crippen LogP contribution < -0.4 is 10.9 Å². The summed E-state index contributed by atoms with van der Waals surface area (Å²) in [5.74, 6) is -0.259. The molecule has 0 unspecified atom stereocenters. The Bertz CT molecular complexity index is 1300. The maximum Gasteiger partial charge on any atom is 0.263 e. The molecule has 4 aromatic rings. The third kappa shape index (κ3) is 3.66. The fraction of sp³-hybridized carbons (Fsp3) is 0.208. The van der Waals surface area contributed by atoms with Crippen LogP contribution in [0.5, 0.6) is 0 Å². The zero-order valence-corrected chi connectivity index (χ0v) is 18.2. The predicted octanol–water partition coefficient (Wildman–Crippen LogP) is 5.25. The molecule has 6 heteroatoms. The molecule has 0 fully saturated rings. The van der Waals surface area contributed by atoms with E-state index in [1.165, 1.54) is 33.4 Å². The number of aromatic nitrogens is 2. The average Bonchev–Trinajstić information content (AvgIpc) is 3.16. The van der Waals surface area contributed by atoms with E-state index in [2.05, 4.69) is 36.3 Å². The highest BCUT2D eigenvalue weighted by molar-refractivity contribution is 7.17. The number of thiophene rings is 1. The second-order valence-corrected chi connectivity index (χ2v) is 8.47. The Morgan fingerprint density at radius 2 is 1.80 bits per heavy atom. The van der Waals surface area contributed by atoms with Crippen LogP contribution in [-0.2, 0) is 4.79 Å². The highest BCUT2D eigenvalue weighted by Crippen LogP contribution is 2.32. The van der Waals surface area contributed by atoms with Gasteiger partial charge in [0.05, 0.1) is 11.7 Å². The fourth-order valence-electron chi connectivity index (χ4n) is 3.35. The summed E-state index contributed by atoms with van der Waals surface area (Å²) < 4.78 is 1.41. The molecule has 152 valence electrons. The van der Waals surface area contributed by atoms with Crippen LogP contribution in [0.25, 0.3) is 21.3 Å². The van der Waals surface area contributed by atoms with Gasteiger partial charge in [0.25, 0.3) is 5.56 Å². The van der Waals surface area contributed by atoms with Crippen molar-refractivity contribution in [1.82, 2.24) is 9.55 Å². The summed E-state index contributed by atoms with van der Waals surface area (Å²) in [7, 11) is 0. The number of nitrogens with zero attached hydrogens (tertiary/aromatic N) is 2. The van der Waals surface area contributed by atoms with E-state index < -0.39 is 6.04 Å². The second-order valence-electron chi connectivity index (χ2n) is 7.62. The Balaban J connectivity index is 1.72. The minimum Gasteiger partial charge on any atom is -0.324 e. The van der Waals surface area contributed by atoms with Gasteiger partial charge >= 0.3 is 0 Å². The van der Waals surface area contributed by atoms with E-state index in [1.54, 1.807) is 6.92 Å². The standard InChI is InChI=1S/C24H23N3O2S/c1-14-5-9-19(10-6-14)26-22(28)17(4)27-13-25-23-21(24(27)29)20(12-30-23)18-8-7-15(2)16(3)11-18/h5-13,17H,1-4H3,(H,26,28)/t17-/m0/s1. The van der Waals surface area contributed by atoms with E-state index in [0.717, 1.165) is 16.7 Å². The Labute approximate surface area is 179 Å². The summed E-state index contributed by atoms with van der Waals surface area (Å²) in [6.07, 6.45) is 1.46. The van der Waals surface area contributed by atoms with Gasteiger partial charge in [0.1, 0.15) is 10.9 Å². The smallest absolute Gasteiger partial charge is 0.263 e. The molecule has 0 aliphatic heterocycles. The molecule has 0 radical (unpaired) electrons. The predicted molar refractivity (Wildman–Crippen MR) is 123 cm³/mol. The van der Waals surface area contributed by atoms with Crippen LogP contribution in [0.4, 0.5) is 5.69 Å². The van der Waals surface area contributed by atoms with Crippen molar-refractivity contribution >= 4 is 33.1 Å². The van der Waals surface area contributed by atoms with Gasteiger partial charge < -0.3 is 5.32 Å². The molecule has 2 aromatic heterocycles. The van der Waals surface area contributed by atoms with E-state index in [1.807, 2.05) is 42.6 Å². The average molecular weight is 418 g/mol.